The highest BCUT2D eigenvalue weighted by molar-refractivity contribution is 5.80. The topological polar surface area (TPSA) is 110 Å². The summed E-state index contributed by atoms with van der Waals surface area (Å²) in [5, 5.41) is 10.4. The smallest absolute Gasteiger partial charge is 0.460 e. The maximum Gasteiger partial charge on any atom is 0.460 e. The van der Waals surface area contributed by atoms with Gasteiger partial charge < -0.3 is 9.63 Å². The van der Waals surface area contributed by atoms with Gasteiger partial charge in [0.2, 0.25) is 5.95 Å². The van der Waals surface area contributed by atoms with Gasteiger partial charge in [-0.25, -0.2) is 14.6 Å². The summed E-state index contributed by atoms with van der Waals surface area (Å²) in [5.41, 5.74) is 0.189. The fourth-order valence-electron chi connectivity index (χ4n) is 0.947. The molecule has 0 bridgehead atoms. The molecule has 0 fully saturated rings. The molecule has 2 aromatic heterocycles. The first-order valence-corrected chi connectivity index (χ1v) is 3.52. The molecule has 0 saturated heterocycles. The lowest BCUT2D eigenvalue weighted by Crippen LogP contribution is -2.12. The lowest BCUT2D eigenvalue weighted by Gasteiger charge is -1.99. The SMILES string of the molecule is O=C(O)Nc1nccc2nc(=O)on12. The Kier molecular flexibility index (Phi) is 1.67. The van der Waals surface area contributed by atoms with Crippen molar-refractivity contribution in [3.05, 3.63) is 22.8 Å². The molecule has 0 atom stereocenters. The third-order valence-corrected chi connectivity index (χ3v) is 1.41. The zero-order chi connectivity index (χ0) is 10.1. The van der Waals surface area contributed by atoms with Crippen LogP contribution in [0.1, 0.15) is 0 Å². The minimum absolute atomic E-state index is 0.121. The van der Waals surface area contributed by atoms with Crippen molar-refractivity contribution in [1.29, 1.82) is 0 Å². The first-order valence-electron chi connectivity index (χ1n) is 3.52. The van der Waals surface area contributed by atoms with Crippen molar-refractivity contribution in [2.24, 2.45) is 0 Å². The Morgan fingerprint density at radius 2 is 2.43 bits per heavy atom. The highest BCUT2D eigenvalue weighted by Crippen LogP contribution is 2.04. The number of hydrogen-bond acceptors (Lipinski definition) is 5. The van der Waals surface area contributed by atoms with Crippen LogP contribution in [0.2, 0.25) is 0 Å². The Morgan fingerprint density at radius 1 is 1.64 bits per heavy atom. The Bertz CT molecular complexity index is 542. The van der Waals surface area contributed by atoms with Crippen LogP contribution in [0, 0.1) is 0 Å². The minimum atomic E-state index is -1.30. The second-order valence-corrected chi connectivity index (χ2v) is 2.32. The highest BCUT2D eigenvalue weighted by Gasteiger charge is 2.08. The fourth-order valence-corrected chi connectivity index (χ4v) is 0.947. The second kappa shape index (κ2) is 2.83. The predicted octanol–water partition coefficient (Wildman–Crippen LogP) is -0.228. The molecule has 0 aliphatic heterocycles. The lowest BCUT2D eigenvalue weighted by molar-refractivity contribution is 0.209. The molecule has 14 heavy (non-hydrogen) atoms. The van der Waals surface area contributed by atoms with E-state index in [1.165, 1.54) is 12.3 Å². The maximum atomic E-state index is 10.7. The number of nitrogens with one attached hydrogen (secondary N) is 1. The molecule has 1 amide bonds. The third-order valence-electron chi connectivity index (χ3n) is 1.41. The summed E-state index contributed by atoms with van der Waals surface area (Å²) in [6, 6.07) is 1.41. The van der Waals surface area contributed by atoms with Crippen LogP contribution in [0.15, 0.2) is 21.6 Å². The van der Waals surface area contributed by atoms with E-state index in [2.05, 4.69) is 14.5 Å². The summed E-state index contributed by atoms with van der Waals surface area (Å²) in [5.74, 6) is -0.934. The lowest BCUT2D eigenvalue weighted by atomic mass is 10.6. The van der Waals surface area contributed by atoms with Crippen LogP contribution < -0.4 is 11.1 Å². The van der Waals surface area contributed by atoms with Gasteiger partial charge in [-0.15, -0.1) is 4.57 Å². The Morgan fingerprint density at radius 3 is 3.14 bits per heavy atom. The summed E-state index contributed by atoms with van der Waals surface area (Å²) < 4.78 is 5.46. The van der Waals surface area contributed by atoms with Gasteiger partial charge in [-0.3, -0.25) is 5.32 Å². The molecule has 8 nitrogen and oxygen atoms in total. The summed E-state index contributed by atoms with van der Waals surface area (Å²) >= 11 is 0. The molecule has 0 aromatic carbocycles. The number of carbonyl (C=O) groups is 1. The average molecular weight is 196 g/mol. The van der Waals surface area contributed by atoms with Gasteiger partial charge in [0.05, 0.1) is 0 Å². The maximum absolute atomic E-state index is 10.7. The largest absolute Gasteiger partial charge is 0.465 e. The molecule has 0 spiro atoms. The number of fused-ring (bicyclic) bond motifs is 1. The van der Waals surface area contributed by atoms with Crippen molar-refractivity contribution in [2.75, 3.05) is 5.32 Å². The minimum Gasteiger partial charge on any atom is -0.465 e. The van der Waals surface area contributed by atoms with Crippen LogP contribution in [-0.2, 0) is 0 Å². The van der Waals surface area contributed by atoms with Crippen molar-refractivity contribution in [1.82, 2.24) is 14.5 Å². The van der Waals surface area contributed by atoms with E-state index in [1.54, 1.807) is 0 Å². The molecule has 2 rings (SSSR count). The average Bonchev–Trinajstić information content (AvgIpc) is 2.45. The molecule has 8 heteroatoms. The van der Waals surface area contributed by atoms with E-state index in [1.807, 2.05) is 5.32 Å². The molecule has 0 aliphatic carbocycles. The summed E-state index contributed by atoms with van der Waals surface area (Å²) in [7, 11) is 0. The number of nitrogens with zero attached hydrogens (tertiary/aromatic N) is 3. The van der Waals surface area contributed by atoms with Gasteiger partial charge >= 0.3 is 11.8 Å². The van der Waals surface area contributed by atoms with Crippen LogP contribution in [0.4, 0.5) is 10.7 Å². The molecular weight excluding hydrogens is 192 g/mol. The van der Waals surface area contributed by atoms with Crippen LogP contribution in [0.25, 0.3) is 5.65 Å². The van der Waals surface area contributed by atoms with Crippen LogP contribution in [0.5, 0.6) is 0 Å². The second-order valence-electron chi connectivity index (χ2n) is 2.32. The van der Waals surface area contributed by atoms with Gasteiger partial charge in [-0.2, -0.15) is 4.98 Å². The van der Waals surface area contributed by atoms with E-state index < -0.39 is 11.8 Å². The van der Waals surface area contributed by atoms with E-state index in [9.17, 15) is 9.59 Å². The molecule has 0 radical (unpaired) electrons. The van der Waals surface area contributed by atoms with E-state index in [4.69, 9.17) is 5.11 Å². The zero-order valence-corrected chi connectivity index (χ0v) is 6.67. The Balaban J connectivity index is 2.64. The number of amides is 1. The van der Waals surface area contributed by atoms with Crippen molar-refractivity contribution < 1.29 is 14.4 Å². The number of carboxylic acid groups (broad SMARTS) is 1. The number of aromatic nitrogens is 3. The third kappa shape index (κ3) is 1.28. The molecule has 72 valence electrons. The van der Waals surface area contributed by atoms with E-state index in [-0.39, 0.29) is 11.6 Å². The molecule has 0 aliphatic rings. The highest BCUT2D eigenvalue weighted by atomic mass is 16.5. The predicted molar refractivity (Wildman–Crippen MR) is 43.2 cm³/mol. The van der Waals surface area contributed by atoms with Crippen LogP contribution in [-0.4, -0.2) is 25.7 Å². The Hall–Kier alpha value is -2.38. The van der Waals surface area contributed by atoms with Crippen molar-refractivity contribution in [3.63, 3.8) is 0 Å². The normalized spacial score (nSPS) is 10.3. The van der Waals surface area contributed by atoms with Crippen LogP contribution >= 0.6 is 0 Å². The van der Waals surface area contributed by atoms with Crippen molar-refractivity contribution in [2.45, 2.75) is 0 Å². The van der Waals surface area contributed by atoms with Crippen LogP contribution in [0.3, 0.4) is 0 Å². The molecule has 0 saturated carbocycles. The van der Waals surface area contributed by atoms with E-state index >= 15 is 0 Å². The number of hydrogen-bond donors (Lipinski definition) is 2. The zero-order valence-electron chi connectivity index (χ0n) is 6.67. The molecule has 2 N–H and O–H groups in total. The van der Waals surface area contributed by atoms with Gasteiger partial charge in [-0.1, -0.05) is 0 Å². The van der Waals surface area contributed by atoms with E-state index in [0.717, 1.165) is 4.57 Å². The van der Waals surface area contributed by atoms with Gasteiger partial charge in [0.1, 0.15) is 0 Å². The number of rotatable bonds is 1. The quantitative estimate of drug-likeness (QED) is 0.651. The molecule has 0 unspecified atom stereocenters. The first-order chi connectivity index (χ1) is 6.66. The molecule has 2 aromatic rings. The molecular formula is C6H4N4O4. The first kappa shape index (κ1) is 8.23. The van der Waals surface area contributed by atoms with Gasteiger partial charge in [-0.05, 0) is 0 Å². The van der Waals surface area contributed by atoms with Gasteiger partial charge in [0.25, 0.3) is 0 Å². The fraction of sp³-hybridized carbons (Fsp3) is 0. The summed E-state index contributed by atoms with van der Waals surface area (Å²) in [6.45, 7) is 0. The molecule has 2 heterocycles. The van der Waals surface area contributed by atoms with Gasteiger partial charge in [0, 0.05) is 12.3 Å². The summed E-state index contributed by atoms with van der Waals surface area (Å²) in [4.78, 5) is 28.1. The Labute approximate surface area is 75.8 Å². The monoisotopic (exact) mass is 196 g/mol. The standard InChI is InChI=1S/C6H4N4O4/c11-5(12)9-4-7-2-1-3-8-6(13)14-10(3)4/h1-2H,(H,7,9)(H,11,12). The van der Waals surface area contributed by atoms with E-state index in [0.29, 0.717) is 0 Å². The van der Waals surface area contributed by atoms with Crippen molar-refractivity contribution in [3.8, 4) is 0 Å². The van der Waals surface area contributed by atoms with Crippen molar-refractivity contribution >= 4 is 17.7 Å². The number of anilines is 1. The van der Waals surface area contributed by atoms with Gasteiger partial charge in [0.15, 0.2) is 5.65 Å². The summed E-state index contributed by atoms with van der Waals surface area (Å²) in [6.07, 6.45) is 0.00380.